The highest BCUT2D eigenvalue weighted by atomic mass is 16.4. The maximum absolute atomic E-state index is 12.1. The summed E-state index contributed by atoms with van der Waals surface area (Å²) in [6, 6.07) is 10.2. The van der Waals surface area contributed by atoms with Crippen molar-refractivity contribution in [1.29, 1.82) is 0 Å². The van der Waals surface area contributed by atoms with Crippen LogP contribution in [0.2, 0.25) is 0 Å². The molecule has 0 saturated carbocycles. The molecule has 4 heteroatoms. The topological polar surface area (TPSA) is 74.6 Å². The summed E-state index contributed by atoms with van der Waals surface area (Å²) >= 11 is 0. The monoisotopic (exact) mass is 370 g/mol. The van der Waals surface area contributed by atoms with Crippen molar-refractivity contribution in [3.05, 3.63) is 59.2 Å². The van der Waals surface area contributed by atoms with E-state index >= 15 is 0 Å². The molecule has 0 bridgehead atoms. The van der Waals surface area contributed by atoms with Crippen LogP contribution in [0.15, 0.2) is 53.6 Å². The van der Waals surface area contributed by atoms with Gasteiger partial charge < -0.3 is 10.2 Å². The number of carbonyl (C=O) groups excluding carboxylic acids is 1. The van der Waals surface area contributed by atoms with E-state index in [1.807, 2.05) is 30.4 Å². The van der Waals surface area contributed by atoms with Crippen molar-refractivity contribution in [3.8, 4) is 0 Å². The molecule has 1 aromatic carbocycles. The van der Waals surface area contributed by atoms with Crippen LogP contribution in [0.1, 0.15) is 63.4 Å². The molecule has 4 nitrogen and oxygen atoms in total. The highest BCUT2D eigenvalue weighted by Crippen LogP contribution is 2.30. The number of unbranched alkanes of at least 4 members (excludes halogenated alkanes) is 1. The molecule has 1 aliphatic carbocycles. The molecule has 0 aliphatic heterocycles. The van der Waals surface area contributed by atoms with Gasteiger partial charge in [-0.3, -0.25) is 9.59 Å². The number of allylic oxidation sites excluding steroid dienone is 4. The number of ketones is 1. The van der Waals surface area contributed by atoms with E-state index in [0.29, 0.717) is 25.7 Å². The summed E-state index contributed by atoms with van der Waals surface area (Å²) in [4.78, 5) is 22.6. The predicted octanol–water partition coefficient (Wildman–Crippen LogP) is 4.62. The van der Waals surface area contributed by atoms with Gasteiger partial charge in [-0.25, -0.2) is 0 Å². The quantitative estimate of drug-likeness (QED) is 0.416. The zero-order valence-electron chi connectivity index (χ0n) is 15.9. The normalized spacial score (nSPS) is 15.7. The number of carboxylic acid groups (broad SMARTS) is 1. The Morgan fingerprint density at radius 2 is 1.81 bits per heavy atom. The number of hydrogen-bond acceptors (Lipinski definition) is 3. The van der Waals surface area contributed by atoms with E-state index in [-0.39, 0.29) is 18.3 Å². The minimum Gasteiger partial charge on any atom is -0.481 e. The molecule has 1 aliphatic rings. The predicted molar refractivity (Wildman–Crippen MR) is 107 cm³/mol. The first kappa shape index (κ1) is 21.1. The van der Waals surface area contributed by atoms with Crippen molar-refractivity contribution >= 4 is 11.8 Å². The number of benzene rings is 1. The third kappa shape index (κ3) is 7.92. The van der Waals surface area contributed by atoms with Crippen LogP contribution in [0, 0.1) is 0 Å². The van der Waals surface area contributed by atoms with Gasteiger partial charge in [0.15, 0.2) is 5.78 Å². The lowest BCUT2D eigenvalue weighted by atomic mass is 9.98. The summed E-state index contributed by atoms with van der Waals surface area (Å²) in [7, 11) is 0. The largest absolute Gasteiger partial charge is 0.481 e. The van der Waals surface area contributed by atoms with Crippen molar-refractivity contribution in [3.63, 3.8) is 0 Å². The first-order valence-corrected chi connectivity index (χ1v) is 9.89. The minimum atomic E-state index is -0.773. The van der Waals surface area contributed by atoms with Crippen LogP contribution in [0.3, 0.4) is 0 Å². The fourth-order valence-corrected chi connectivity index (χ4v) is 3.45. The van der Waals surface area contributed by atoms with Crippen LogP contribution < -0.4 is 0 Å². The molecule has 0 fully saturated rings. The van der Waals surface area contributed by atoms with Crippen LogP contribution in [-0.2, 0) is 16.0 Å². The van der Waals surface area contributed by atoms with Gasteiger partial charge in [-0.15, -0.1) is 0 Å². The Hall–Kier alpha value is -2.20. The molecule has 0 spiro atoms. The molecule has 1 atom stereocenters. The lowest BCUT2D eigenvalue weighted by molar-refractivity contribution is -0.137. The fraction of sp³-hybridized carbons (Fsp3) is 0.478. The van der Waals surface area contributed by atoms with E-state index in [9.17, 15) is 14.7 Å². The molecular formula is C23H30O4. The molecule has 0 aromatic heterocycles. The Morgan fingerprint density at radius 3 is 2.56 bits per heavy atom. The fourth-order valence-electron chi connectivity index (χ4n) is 3.45. The zero-order chi connectivity index (χ0) is 19.5. The van der Waals surface area contributed by atoms with Crippen molar-refractivity contribution in [2.24, 2.45) is 0 Å². The first-order valence-electron chi connectivity index (χ1n) is 9.89. The molecule has 146 valence electrons. The maximum Gasteiger partial charge on any atom is 0.303 e. The molecule has 2 N–H and O–H groups in total. The lowest BCUT2D eigenvalue weighted by Gasteiger charge is -2.12. The number of aryl methyl sites for hydroxylation is 1. The highest BCUT2D eigenvalue weighted by molar-refractivity contribution is 5.98. The standard InChI is InChI=1S/C23H30O4/c24-20(15-12-18-8-4-3-5-9-18)16-13-19-14-17-22(25)21(19)10-6-1-2-7-11-23(26)27/h1,3-6,8-9,20,24H,2,7,10-17H2,(H,26,27)/b6-1+. The zero-order valence-corrected chi connectivity index (χ0v) is 15.9. The second-order valence-electron chi connectivity index (χ2n) is 7.18. The van der Waals surface area contributed by atoms with Gasteiger partial charge in [-0.2, -0.15) is 0 Å². The highest BCUT2D eigenvalue weighted by Gasteiger charge is 2.22. The molecular weight excluding hydrogens is 340 g/mol. The van der Waals surface area contributed by atoms with Gasteiger partial charge in [0.05, 0.1) is 6.10 Å². The minimum absolute atomic E-state index is 0.179. The van der Waals surface area contributed by atoms with Gasteiger partial charge in [0.25, 0.3) is 0 Å². The molecule has 0 heterocycles. The number of rotatable bonds is 12. The molecule has 1 unspecified atom stereocenters. The van der Waals surface area contributed by atoms with Crippen molar-refractivity contribution < 1.29 is 19.8 Å². The van der Waals surface area contributed by atoms with Crippen LogP contribution in [0.25, 0.3) is 0 Å². The summed E-state index contributed by atoms with van der Waals surface area (Å²) in [5.41, 5.74) is 3.33. The Kier molecular flexibility index (Phi) is 8.99. The Labute approximate surface area is 161 Å². The van der Waals surface area contributed by atoms with Crippen LogP contribution in [-0.4, -0.2) is 28.1 Å². The van der Waals surface area contributed by atoms with Gasteiger partial charge in [0.1, 0.15) is 0 Å². The Bertz CT molecular complexity index is 673. The molecule has 0 saturated heterocycles. The Balaban J connectivity index is 1.75. The third-order valence-corrected chi connectivity index (χ3v) is 5.06. The number of aliphatic hydroxyl groups excluding tert-OH is 1. The van der Waals surface area contributed by atoms with E-state index in [0.717, 1.165) is 37.7 Å². The van der Waals surface area contributed by atoms with Crippen molar-refractivity contribution in [2.75, 3.05) is 0 Å². The van der Waals surface area contributed by atoms with E-state index in [1.54, 1.807) is 0 Å². The smallest absolute Gasteiger partial charge is 0.303 e. The number of Topliss-reactive ketones (excluding diaryl/α,β-unsaturated/α-hetero) is 1. The van der Waals surface area contributed by atoms with E-state index in [2.05, 4.69) is 12.1 Å². The summed E-state index contributed by atoms with van der Waals surface area (Å²) < 4.78 is 0. The molecule has 2 rings (SSSR count). The van der Waals surface area contributed by atoms with Crippen molar-refractivity contribution in [2.45, 2.75) is 70.3 Å². The summed E-state index contributed by atoms with van der Waals surface area (Å²) in [5, 5.41) is 18.9. The van der Waals surface area contributed by atoms with Crippen LogP contribution >= 0.6 is 0 Å². The Morgan fingerprint density at radius 1 is 1.07 bits per heavy atom. The van der Waals surface area contributed by atoms with Gasteiger partial charge in [0, 0.05) is 12.8 Å². The number of aliphatic hydroxyl groups is 1. The third-order valence-electron chi connectivity index (χ3n) is 5.06. The van der Waals surface area contributed by atoms with E-state index in [1.165, 1.54) is 11.1 Å². The van der Waals surface area contributed by atoms with Crippen molar-refractivity contribution in [1.82, 2.24) is 0 Å². The number of carboxylic acids is 1. The van der Waals surface area contributed by atoms with Crippen LogP contribution in [0.4, 0.5) is 0 Å². The molecule has 1 aromatic rings. The average molecular weight is 370 g/mol. The van der Waals surface area contributed by atoms with Crippen LogP contribution in [0.5, 0.6) is 0 Å². The molecule has 0 amide bonds. The average Bonchev–Trinajstić information content (AvgIpc) is 3.01. The lowest BCUT2D eigenvalue weighted by Crippen LogP contribution is -2.08. The summed E-state index contributed by atoms with van der Waals surface area (Å²) in [6.07, 6.45) is 10.2. The first-order chi connectivity index (χ1) is 13.1. The summed E-state index contributed by atoms with van der Waals surface area (Å²) in [6.45, 7) is 0. The number of carbonyl (C=O) groups is 2. The second-order valence-corrected chi connectivity index (χ2v) is 7.18. The summed E-state index contributed by atoms with van der Waals surface area (Å²) in [5.74, 6) is -0.552. The SMILES string of the molecule is O=C(O)CCC/C=C/CC1=C(CCC(O)CCc2ccccc2)CCC1=O. The van der Waals surface area contributed by atoms with E-state index < -0.39 is 5.97 Å². The van der Waals surface area contributed by atoms with Gasteiger partial charge in [-0.1, -0.05) is 48.1 Å². The van der Waals surface area contributed by atoms with Gasteiger partial charge >= 0.3 is 5.97 Å². The number of aliphatic carboxylic acids is 1. The van der Waals surface area contributed by atoms with Gasteiger partial charge in [-0.05, 0) is 62.5 Å². The van der Waals surface area contributed by atoms with E-state index in [4.69, 9.17) is 5.11 Å². The number of hydrogen-bond donors (Lipinski definition) is 2. The molecule has 27 heavy (non-hydrogen) atoms. The van der Waals surface area contributed by atoms with Gasteiger partial charge in [0.2, 0.25) is 0 Å². The maximum atomic E-state index is 12.1. The molecule has 0 radical (unpaired) electrons. The second kappa shape index (κ2) is 11.5.